The van der Waals surface area contributed by atoms with Gasteiger partial charge in [0.25, 0.3) is 0 Å². The number of rotatable bonds is 8. The van der Waals surface area contributed by atoms with Crippen LogP contribution in [-0.2, 0) is 16.0 Å². The first-order valence-electron chi connectivity index (χ1n) is 4.81. The molecule has 86 valence electrons. The number of terminal acetylenes is 1. The zero-order valence-electron chi connectivity index (χ0n) is 8.83. The fourth-order valence-corrected chi connectivity index (χ4v) is 0.986. The summed E-state index contributed by atoms with van der Waals surface area (Å²) in [6.45, 7) is 2.30. The van der Waals surface area contributed by atoms with Gasteiger partial charge in [-0.1, -0.05) is 11.1 Å². The van der Waals surface area contributed by atoms with E-state index in [0.717, 1.165) is 0 Å². The van der Waals surface area contributed by atoms with E-state index in [-0.39, 0.29) is 0 Å². The average molecular weight is 223 g/mol. The molecule has 0 amide bonds. The average Bonchev–Trinajstić information content (AvgIpc) is 2.76. The Balaban J connectivity index is 2.03. The van der Waals surface area contributed by atoms with Crippen LogP contribution >= 0.6 is 0 Å². The molecule has 1 aromatic heterocycles. The molecule has 0 radical (unpaired) electrons. The lowest BCUT2D eigenvalue weighted by Crippen LogP contribution is -2.10. The molecule has 0 N–H and O–H groups in total. The smallest absolute Gasteiger partial charge is 0.171 e. The minimum Gasteiger partial charge on any atom is -0.377 e. The Kier molecular flexibility index (Phi) is 5.84. The summed E-state index contributed by atoms with van der Waals surface area (Å²) in [5.41, 5.74) is 0.317. The molecule has 6 nitrogen and oxygen atoms in total. The maximum atomic E-state index is 10.3. The Morgan fingerprint density at radius 3 is 2.94 bits per heavy atom. The van der Waals surface area contributed by atoms with Gasteiger partial charge in [0.15, 0.2) is 6.29 Å². The van der Waals surface area contributed by atoms with Crippen LogP contribution in [0.15, 0.2) is 6.20 Å². The van der Waals surface area contributed by atoms with Crippen LogP contribution in [0.4, 0.5) is 0 Å². The quantitative estimate of drug-likeness (QED) is 0.345. The third-order valence-corrected chi connectivity index (χ3v) is 1.70. The lowest BCUT2D eigenvalue weighted by atomic mass is 10.5. The highest BCUT2D eigenvalue weighted by molar-refractivity contribution is 5.70. The second-order valence-electron chi connectivity index (χ2n) is 2.89. The van der Waals surface area contributed by atoms with Crippen LogP contribution in [-0.4, -0.2) is 47.7 Å². The molecule has 0 fully saturated rings. The van der Waals surface area contributed by atoms with E-state index in [2.05, 4.69) is 16.2 Å². The van der Waals surface area contributed by atoms with Crippen molar-refractivity contribution in [3.8, 4) is 12.3 Å². The van der Waals surface area contributed by atoms with Gasteiger partial charge in [-0.25, -0.2) is 4.68 Å². The van der Waals surface area contributed by atoms with Gasteiger partial charge in [-0.05, 0) is 0 Å². The molecule has 16 heavy (non-hydrogen) atoms. The number of nitrogens with zero attached hydrogens (tertiary/aromatic N) is 3. The largest absolute Gasteiger partial charge is 0.377 e. The van der Waals surface area contributed by atoms with E-state index in [1.807, 2.05) is 0 Å². The summed E-state index contributed by atoms with van der Waals surface area (Å²) in [6, 6.07) is 0. The van der Waals surface area contributed by atoms with Crippen molar-refractivity contribution in [3.05, 3.63) is 11.9 Å². The van der Waals surface area contributed by atoms with Crippen molar-refractivity contribution in [3.63, 3.8) is 0 Å². The highest BCUT2D eigenvalue weighted by Crippen LogP contribution is 1.89. The Labute approximate surface area is 93.5 Å². The summed E-state index contributed by atoms with van der Waals surface area (Å²) in [7, 11) is 0. The summed E-state index contributed by atoms with van der Waals surface area (Å²) in [5, 5.41) is 7.35. The molecule has 1 aromatic rings. The molecule has 0 unspecified atom stereocenters. The fourth-order valence-electron chi connectivity index (χ4n) is 0.986. The van der Waals surface area contributed by atoms with E-state index in [1.54, 1.807) is 10.9 Å². The molecule has 0 bridgehead atoms. The summed E-state index contributed by atoms with van der Waals surface area (Å²) in [4.78, 5) is 10.3. The van der Waals surface area contributed by atoms with Crippen molar-refractivity contribution in [2.45, 2.75) is 6.54 Å². The van der Waals surface area contributed by atoms with Gasteiger partial charge in [0, 0.05) is 0 Å². The maximum Gasteiger partial charge on any atom is 0.171 e. The predicted octanol–water partition coefficient (Wildman–Crippen LogP) is -0.243. The van der Waals surface area contributed by atoms with E-state index >= 15 is 0 Å². The van der Waals surface area contributed by atoms with Crippen molar-refractivity contribution >= 4 is 6.29 Å². The first kappa shape index (κ1) is 12.4. The molecule has 0 aliphatic carbocycles. The topological polar surface area (TPSA) is 66.2 Å². The predicted molar refractivity (Wildman–Crippen MR) is 55.9 cm³/mol. The molecule has 0 spiro atoms. The second-order valence-corrected chi connectivity index (χ2v) is 2.89. The van der Waals surface area contributed by atoms with E-state index in [4.69, 9.17) is 15.9 Å². The van der Waals surface area contributed by atoms with Crippen LogP contribution in [0, 0.1) is 12.3 Å². The third kappa shape index (κ3) is 4.68. The first-order valence-corrected chi connectivity index (χ1v) is 4.81. The second kappa shape index (κ2) is 7.56. The molecule has 0 aliphatic rings. The first-order chi connectivity index (χ1) is 7.86. The SMILES string of the molecule is C#CCOCCOCCn1cc(C=O)nn1. The van der Waals surface area contributed by atoms with Gasteiger partial charge in [0.2, 0.25) is 0 Å². The molecule has 0 atom stereocenters. The highest BCUT2D eigenvalue weighted by atomic mass is 16.5. The van der Waals surface area contributed by atoms with Crippen molar-refractivity contribution < 1.29 is 14.3 Å². The molecule has 0 aromatic carbocycles. The van der Waals surface area contributed by atoms with Crippen molar-refractivity contribution in [1.82, 2.24) is 15.0 Å². The monoisotopic (exact) mass is 223 g/mol. The minimum absolute atomic E-state index is 0.301. The number of ether oxygens (including phenoxy) is 2. The molecule has 1 rings (SSSR count). The van der Waals surface area contributed by atoms with Crippen LogP contribution < -0.4 is 0 Å². The van der Waals surface area contributed by atoms with Gasteiger partial charge >= 0.3 is 0 Å². The molecule has 6 heteroatoms. The molecular weight excluding hydrogens is 210 g/mol. The number of hydrogen-bond acceptors (Lipinski definition) is 5. The van der Waals surface area contributed by atoms with Crippen LogP contribution in [0.5, 0.6) is 0 Å². The van der Waals surface area contributed by atoms with Crippen LogP contribution in [0.1, 0.15) is 10.5 Å². The number of carbonyl (C=O) groups is 1. The summed E-state index contributed by atoms with van der Waals surface area (Å²) in [5.74, 6) is 2.36. The summed E-state index contributed by atoms with van der Waals surface area (Å²) < 4.78 is 11.8. The maximum absolute atomic E-state index is 10.3. The fraction of sp³-hybridized carbons (Fsp3) is 0.500. The highest BCUT2D eigenvalue weighted by Gasteiger charge is 1.98. The molecule has 0 saturated carbocycles. The van der Waals surface area contributed by atoms with Crippen LogP contribution in [0.25, 0.3) is 0 Å². The van der Waals surface area contributed by atoms with E-state index in [0.29, 0.717) is 45.0 Å². The minimum atomic E-state index is 0.301. The molecule has 0 aliphatic heterocycles. The molecule has 0 saturated heterocycles. The number of aromatic nitrogens is 3. The third-order valence-electron chi connectivity index (χ3n) is 1.70. The van der Waals surface area contributed by atoms with E-state index in [9.17, 15) is 4.79 Å². The summed E-state index contributed by atoms with van der Waals surface area (Å²) in [6.07, 6.45) is 7.21. The van der Waals surface area contributed by atoms with Gasteiger partial charge in [0.05, 0.1) is 32.6 Å². The van der Waals surface area contributed by atoms with Crippen molar-refractivity contribution in [2.75, 3.05) is 26.4 Å². The van der Waals surface area contributed by atoms with Gasteiger partial charge in [-0.15, -0.1) is 11.5 Å². The van der Waals surface area contributed by atoms with Crippen molar-refractivity contribution in [1.29, 1.82) is 0 Å². The number of hydrogen-bond donors (Lipinski definition) is 0. The van der Waals surface area contributed by atoms with E-state index in [1.165, 1.54) is 0 Å². The number of carbonyl (C=O) groups excluding carboxylic acids is 1. The Bertz CT molecular complexity index is 356. The van der Waals surface area contributed by atoms with Crippen molar-refractivity contribution in [2.24, 2.45) is 0 Å². The zero-order valence-corrected chi connectivity index (χ0v) is 8.83. The lowest BCUT2D eigenvalue weighted by Gasteiger charge is -2.03. The van der Waals surface area contributed by atoms with Gasteiger partial charge in [-0.2, -0.15) is 0 Å². The van der Waals surface area contributed by atoms with Crippen LogP contribution in [0.3, 0.4) is 0 Å². The van der Waals surface area contributed by atoms with Gasteiger partial charge in [-0.3, -0.25) is 4.79 Å². The normalized spacial score (nSPS) is 9.94. The standard InChI is InChI=1S/C10H13N3O3/c1-2-4-15-6-7-16-5-3-13-8-10(9-14)11-12-13/h1,8-9H,3-7H2. The Hall–Kier alpha value is -1.71. The lowest BCUT2D eigenvalue weighted by molar-refractivity contribution is 0.0554. The summed E-state index contributed by atoms with van der Waals surface area (Å²) >= 11 is 0. The molecule has 1 heterocycles. The Morgan fingerprint density at radius 1 is 1.44 bits per heavy atom. The molecular formula is C10H13N3O3. The van der Waals surface area contributed by atoms with E-state index < -0.39 is 0 Å². The van der Waals surface area contributed by atoms with Gasteiger partial charge in [0.1, 0.15) is 12.3 Å². The zero-order chi connectivity index (χ0) is 11.6. The van der Waals surface area contributed by atoms with Crippen LogP contribution in [0.2, 0.25) is 0 Å². The number of aldehydes is 1. The van der Waals surface area contributed by atoms with Gasteiger partial charge < -0.3 is 9.47 Å². The Morgan fingerprint density at radius 2 is 2.25 bits per heavy atom.